The Hall–Kier alpha value is -1.49. The third-order valence-corrected chi connectivity index (χ3v) is 4.38. The number of nitrogens with one attached hydrogen (secondary N) is 1. The Morgan fingerprint density at radius 3 is 2.63 bits per heavy atom. The average molecular weight is 276 g/mol. The maximum absolute atomic E-state index is 12.6. The van der Waals surface area contributed by atoms with Gasteiger partial charge in [-0.25, -0.2) is 0 Å². The smallest absolute Gasteiger partial charge is 0.262 e. The summed E-state index contributed by atoms with van der Waals surface area (Å²) in [7, 11) is 0. The van der Waals surface area contributed by atoms with Gasteiger partial charge in [-0.05, 0) is 25.8 Å². The topological polar surface area (TPSA) is 51.1 Å². The Labute approximate surface area is 116 Å². The third-order valence-electron chi connectivity index (χ3n) is 4.07. The molecule has 1 N–H and O–H groups in total. The van der Waals surface area contributed by atoms with Gasteiger partial charge in [-0.1, -0.05) is 31.5 Å². The number of carbonyl (C=O) groups is 1. The molecule has 0 atom stereocenters. The molecule has 2 aliphatic rings. The van der Waals surface area contributed by atoms with Crippen LogP contribution in [0.2, 0.25) is 0 Å². The van der Waals surface area contributed by atoms with Crippen LogP contribution in [0.4, 0.5) is 0 Å². The monoisotopic (exact) mass is 276 g/mol. The SMILES string of the molecule is Cc1cc2c(c(=O)n1C1CCCCC1)C(=S)NC2=O. The number of nitrogens with zero attached hydrogens (tertiary/aromatic N) is 1. The molecule has 1 aliphatic heterocycles. The van der Waals surface area contributed by atoms with Crippen molar-refractivity contribution in [3.63, 3.8) is 0 Å². The second kappa shape index (κ2) is 4.56. The van der Waals surface area contributed by atoms with Crippen LogP contribution in [0.5, 0.6) is 0 Å². The van der Waals surface area contributed by atoms with Crippen LogP contribution in [0.15, 0.2) is 10.9 Å². The van der Waals surface area contributed by atoms with E-state index in [0.717, 1.165) is 31.4 Å². The van der Waals surface area contributed by atoms with Gasteiger partial charge in [0.15, 0.2) is 0 Å². The van der Waals surface area contributed by atoms with Gasteiger partial charge in [-0.3, -0.25) is 9.59 Å². The van der Waals surface area contributed by atoms with Crippen molar-refractivity contribution in [1.29, 1.82) is 0 Å². The lowest BCUT2D eigenvalue weighted by Gasteiger charge is -2.26. The van der Waals surface area contributed by atoms with Crippen molar-refractivity contribution in [2.75, 3.05) is 0 Å². The fourth-order valence-corrected chi connectivity index (χ4v) is 3.46. The van der Waals surface area contributed by atoms with Crippen molar-refractivity contribution in [2.24, 2.45) is 0 Å². The summed E-state index contributed by atoms with van der Waals surface area (Å²) in [5.74, 6) is -0.254. The van der Waals surface area contributed by atoms with E-state index in [1.165, 1.54) is 6.42 Å². The summed E-state index contributed by atoms with van der Waals surface area (Å²) >= 11 is 5.10. The van der Waals surface area contributed by atoms with Crippen molar-refractivity contribution in [2.45, 2.75) is 45.1 Å². The van der Waals surface area contributed by atoms with Crippen LogP contribution < -0.4 is 10.9 Å². The number of aromatic nitrogens is 1. The number of aryl methyl sites for hydroxylation is 1. The van der Waals surface area contributed by atoms with Gasteiger partial charge >= 0.3 is 0 Å². The lowest BCUT2D eigenvalue weighted by molar-refractivity contribution is 0.0983. The van der Waals surface area contributed by atoms with Gasteiger partial charge in [-0.15, -0.1) is 0 Å². The molecule has 0 spiro atoms. The van der Waals surface area contributed by atoms with Gasteiger partial charge in [0.1, 0.15) is 4.99 Å². The fourth-order valence-electron chi connectivity index (χ4n) is 3.17. The minimum absolute atomic E-state index is 0.106. The standard InChI is InChI=1S/C14H16N2O2S/c1-8-7-10-11(13(19)15-12(10)17)14(18)16(8)9-5-3-2-4-6-9/h7,9H,2-6H2,1H3,(H,15,17,19). The van der Waals surface area contributed by atoms with Crippen molar-refractivity contribution in [3.05, 3.63) is 33.2 Å². The molecule has 19 heavy (non-hydrogen) atoms. The van der Waals surface area contributed by atoms with E-state index in [1.54, 1.807) is 6.07 Å². The van der Waals surface area contributed by atoms with Crippen LogP contribution in [0.3, 0.4) is 0 Å². The molecule has 1 aromatic heterocycles. The Morgan fingerprint density at radius 1 is 1.26 bits per heavy atom. The lowest BCUT2D eigenvalue weighted by atomic mass is 9.94. The first-order chi connectivity index (χ1) is 9.09. The molecule has 5 heteroatoms. The molecule has 0 aromatic carbocycles. The molecule has 1 aromatic rings. The van der Waals surface area contributed by atoms with Crippen LogP contribution in [0.1, 0.15) is 59.8 Å². The largest absolute Gasteiger partial charge is 0.312 e. The molecular weight excluding hydrogens is 260 g/mol. The van der Waals surface area contributed by atoms with Crippen LogP contribution in [-0.2, 0) is 0 Å². The quantitative estimate of drug-likeness (QED) is 0.799. The molecule has 3 rings (SSSR count). The van der Waals surface area contributed by atoms with E-state index in [1.807, 2.05) is 11.5 Å². The maximum atomic E-state index is 12.6. The van der Waals surface area contributed by atoms with E-state index in [9.17, 15) is 9.59 Å². The summed E-state index contributed by atoms with van der Waals surface area (Å²) in [4.78, 5) is 24.6. The molecule has 2 heterocycles. The molecule has 1 fully saturated rings. The minimum atomic E-state index is -0.254. The van der Waals surface area contributed by atoms with E-state index < -0.39 is 0 Å². The van der Waals surface area contributed by atoms with Crippen molar-refractivity contribution >= 4 is 23.1 Å². The second-order valence-electron chi connectivity index (χ2n) is 5.32. The molecule has 0 saturated heterocycles. The minimum Gasteiger partial charge on any atom is -0.312 e. The van der Waals surface area contributed by atoms with Crippen LogP contribution in [-0.4, -0.2) is 15.5 Å². The van der Waals surface area contributed by atoms with Gasteiger partial charge < -0.3 is 9.88 Å². The zero-order valence-corrected chi connectivity index (χ0v) is 11.7. The Bertz CT molecular complexity index is 627. The molecular formula is C14H16N2O2S. The summed E-state index contributed by atoms with van der Waals surface area (Å²) in [5, 5.41) is 2.56. The Morgan fingerprint density at radius 2 is 1.95 bits per heavy atom. The average Bonchev–Trinajstić information content (AvgIpc) is 2.66. The molecule has 0 bridgehead atoms. The van der Waals surface area contributed by atoms with Crippen LogP contribution in [0.25, 0.3) is 0 Å². The summed E-state index contributed by atoms with van der Waals surface area (Å²) in [5.41, 5.74) is 1.57. The zero-order chi connectivity index (χ0) is 13.6. The highest BCUT2D eigenvalue weighted by atomic mass is 32.1. The van der Waals surface area contributed by atoms with Crippen LogP contribution in [0, 0.1) is 6.92 Å². The number of pyridine rings is 1. The molecule has 100 valence electrons. The molecule has 0 radical (unpaired) electrons. The van der Waals surface area contributed by atoms with Gasteiger partial charge in [0, 0.05) is 11.7 Å². The van der Waals surface area contributed by atoms with Crippen molar-refractivity contribution in [1.82, 2.24) is 9.88 Å². The molecule has 4 nitrogen and oxygen atoms in total. The summed E-state index contributed by atoms with van der Waals surface area (Å²) in [6.07, 6.45) is 5.64. The van der Waals surface area contributed by atoms with E-state index >= 15 is 0 Å². The van der Waals surface area contributed by atoms with Gasteiger partial charge in [-0.2, -0.15) is 0 Å². The van der Waals surface area contributed by atoms with Gasteiger partial charge in [0.25, 0.3) is 11.5 Å². The number of hydrogen-bond acceptors (Lipinski definition) is 3. The first-order valence-electron chi connectivity index (χ1n) is 6.71. The van der Waals surface area contributed by atoms with Gasteiger partial charge in [0.05, 0.1) is 11.1 Å². The van der Waals surface area contributed by atoms with Gasteiger partial charge in [0.2, 0.25) is 0 Å². The van der Waals surface area contributed by atoms with E-state index in [2.05, 4.69) is 5.32 Å². The maximum Gasteiger partial charge on any atom is 0.262 e. The highest BCUT2D eigenvalue weighted by Crippen LogP contribution is 2.28. The first-order valence-corrected chi connectivity index (χ1v) is 7.12. The van der Waals surface area contributed by atoms with E-state index in [4.69, 9.17) is 12.2 Å². The number of rotatable bonds is 1. The number of amides is 1. The molecule has 0 unspecified atom stereocenters. The van der Waals surface area contributed by atoms with E-state index in [-0.39, 0.29) is 22.5 Å². The predicted molar refractivity (Wildman–Crippen MR) is 76.7 cm³/mol. The fraction of sp³-hybridized carbons (Fsp3) is 0.500. The summed E-state index contributed by atoms with van der Waals surface area (Å²) in [6.45, 7) is 1.89. The molecule has 1 saturated carbocycles. The van der Waals surface area contributed by atoms with Crippen LogP contribution >= 0.6 is 12.2 Å². The number of thiocarbonyl (C=S) groups is 1. The second-order valence-corrected chi connectivity index (χ2v) is 5.73. The van der Waals surface area contributed by atoms with E-state index in [0.29, 0.717) is 11.1 Å². The predicted octanol–water partition coefficient (Wildman–Crippen LogP) is 2.08. The Kier molecular flexibility index (Phi) is 3.01. The number of fused-ring (bicyclic) bond motifs is 1. The zero-order valence-electron chi connectivity index (χ0n) is 10.9. The number of hydrogen-bond donors (Lipinski definition) is 1. The molecule has 1 amide bonds. The normalized spacial score (nSPS) is 19.4. The van der Waals surface area contributed by atoms with Crippen molar-refractivity contribution < 1.29 is 4.79 Å². The lowest BCUT2D eigenvalue weighted by Crippen LogP contribution is -2.32. The number of carbonyl (C=O) groups excluding carboxylic acids is 1. The van der Waals surface area contributed by atoms with Crippen molar-refractivity contribution in [3.8, 4) is 0 Å². The first kappa shape index (κ1) is 12.5. The highest BCUT2D eigenvalue weighted by molar-refractivity contribution is 7.80. The molecule has 1 aliphatic carbocycles. The Balaban J connectivity index is 2.17. The summed E-state index contributed by atoms with van der Waals surface area (Å²) < 4.78 is 1.84. The highest BCUT2D eigenvalue weighted by Gasteiger charge is 2.30. The summed E-state index contributed by atoms with van der Waals surface area (Å²) in [6, 6.07) is 2.05. The third kappa shape index (κ3) is 1.92.